The third-order valence-electron chi connectivity index (χ3n) is 2.94. The van der Waals surface area contributed by atoms with Crippen molar-refractivity contribution < 1.29 is 19.0 Å². The normalized spacial score (nSPS) is 12.6. The molecular weight excluding hydrogens is 270 g/mol. The van der Waals surface area contributed by atoms with E-state index in [1.165, 1.54) is 0 Å². The lowest BCUT2D eigenvalue weighted by atomic mass is 10.2. The second kappa shape index (κ2) is 6.17. The molecule has 0 saturated heterocycles. The smallest absolute Gasteiger partial charge is 0.262 e. The topological polar surface area (TPSA) is 56.8 Å². The van der Waals surface area contributed by atoms with Gasteiger partial charge in [-0.3, -0.25) is 4.79 Å². The highest BCUT2D eigenvalue weighted by atomic mass is 16.6. The predicted octanol–water partition coefficient (Wildman–Crippen LogP) is 2.48. The number of amides is 1. The van der Waals surface area contributed by atoms with Gasteiger partial charge in [-0.05, 0) is 24.3 Å². The zero-order valence-corrected chi connectivity index (χ0v) is 11.4. The fourth-order valence-corrected chi connectivity index (χ4v) is 1.98. The minimum absolute atomic E-state index is 0.0432. The first-order valence-electron chi connectivity index (χ1n) is 6.68. The maximum atomic E-state index is 11.8. The van der Waals surface area contributed by atoms with E-state index in [1.807, 2.05) is 18.2 Å². The van der Waals surface area contributed by atoms with Gasteiger partial charge in [-0.2, -0.15) is 0 Å². The number of hydrogen-bond acceptors (Lipinski definition) is 4. The van der Waals surface area contributed by atoms with Gasteiger partial charge in [0, 0.05) is 11.8 Å². The van der Waals surface area contributed by atoms with Gasteiger partial charge in [0.25, 0.3) is 5.91 Å². The highest BCUT2D eigenvalue weighted by Gasteiger charge is 2.12. The molecule has 1 amide bonds. The van der Waals surface area contributed by atoms with E-state index < -0.39 is 0 Å². The fourth-order valence-electron chi connectivity index (χ4n) is 1.98. The van der Waals surface area contributed by atoms with Crippen molar-refractivity contribution in [2.45, 2.75) is 0 Å². The minimum atomic E-state index is -0.226. The SMILES string of the molecule is O=C(COc1ccccc1)Nc1ccc2c(c1)OCCO2. The van der Waals surface area contributed by atoms with Gasteiger partial charge in [0.15, 0.2) is 18.1 Å². The maximum absolute atomic E-state index is 11.8. The average Bonchev–Trinajstić information content (AvgIpc) is 2.54. The third-order valence-corrected chi connectivity index (χ3v) is 2.94. The lowest BCUT2D eigenvalue weighted by Gasteiger charge is -2.19. The molecule has 0 radical (unpaired) electrons. The van der Waals surface area contributed by atoms with Crippen molar-refractivity contribution in [2.75, 3.05) is 25.1 Å². The molecule has 0 fully saturated rings. The summed E-state index contributed by atoms with van der Waals surface area (Å²) in [6.07, 6.45) is 0. The van der Waals surface area contributed by atoms with Crippen LogP contribution in [0.4, 0.5) is 5.69 Å². The molecular formula is C16H15NO4. The molecule has 0 aliphatic carbocycles. The van der Waals surface area contributed by atoms with Gasteiger partial charge < -0.3 is 19.5 Å². The lowest BCUT2D eigenvalue weighted by Crippen LogP contribution is -2.20. The molecule has 21 heavy (non-hydrogen) atoms. The molecule has 1 aliphatic rings. The van der Waals surface area contributed by atoms with Crippen molar-refractivity contribution in [3.8, 4) is 17.2 Å². The Kier molecular flexibility index (Phi) is 3.91. The van der Waals surface area contributed by atoms with E-state index in [9.17, 15) is 4.79 Å². The lowest BCUT2D eigenvalue weighted by molar-refractivity contribution is -0.118. The maximum Gasteiger partial charge on any atom is 0.262 e. The largest absolute Gasteiger partial charge is 0.486 e. The highest BCUT2D eigenvalue weighted by molar-refractivity contribution is 5.92. The van der Waals surface area contributed by atoms with Crippen LogP contribution in [0.5, 0.6) is 17.2 Å². The van der Waals surface area contributed by atoms with Crippen molar-refractivity contribution >= 4 is 11.6 Å². The molecule has 0 unspecified atom stereocenters. The van der Waals surface area contributed by atoms with Gasteiger partial charge >= 0.3 is 0 Å². The van der Waals surface area contributed by atoms with Gasteiger partial charge in [0.1, 0.15) is 19.0 Å². The Balaban J connectivity index is 1.57. The quantitative estimate of drug-likeness (QED) is 0.937. The average molecular weight is 285 g/mol. The van der Waals surface area contributed by atoms with Crippen LogP contribution in [0.3, 0.4) is 0 Å². The van der Waals surface area contributed by atoms with Crippen molar-refractivity contribution in [2.24, 2.45) is 0 Å². The zero-order chi connectivity index (χ0) is 14.5. The molecule has 0 saturated carbocycles. The van der Waals surface area contributed by atoms with E-state index in [0.29, 0.717) is 36.1 Å². The Hall–Kier alpha value is -2.69. The van der Waals surface area contributed by atoms with Gasteiger partial charge in [-0.15, -0.1) is 0 Å². The summed E-state index contributed by atoms with van der Waals surface area (Å²) in [6.45, 7) is 1.02. The number of hydrogen-bond donors (Lipinski definition) is 1. The van der Waals surface area contributed by atoms with Crippen LogP contribution in [0, 0.1) is 0 Å². The van der Waals surface area contributed by atoms with Gasteiger partial charge in [0.05, 0.1) is 0 Å². The van der Waals surface area contributed by atoms with Crippen LogP contribution < -0.4 is 19.5 Å². The molecule has 5 heteroatoms. The van der Waals surface area contributed by atoms with Crippen molar-refractivity contribution in [1.82, 2.24) is 0 Å². The van der Waals surface area contributed by atoms with E-state index in [4.69, 9.17) is 14.2 Å². The van der Waals surface area contributed by atoms with Crippen molar-refractivity contribution in [1.29, 1.82) is 0 Å². The number of carbonyl (C=O) groups is 1. The number of anilines is 1. The van der Waals surface area contributed by atoms with Crippen LogP contribution in [0.15, 0.2) is 48.5 Å². The van der Waals surface area contributed by atoms with Crippen LogP contribution in [-0.4, -0.2) is 25.7 Å². The molecule has 5 nitrogen and oxygen atoms in total. The minimum Gasteiger partial charge on any atom is -0.486 e. The van der Waals surface area contributed by atoms with Crippen LogP contribution in [-0.2, 0) is 4.79 Å². The molecule has 0 atom stereocenters. The standard InChI is InChI=1S/C16H15NO4/c18-16(11-21-13-4-2-1-3-5-13)17-12-6-7-14-15(10-12)20-9-8-19-14/h1-7,10H,8-9,11H2,(H,17,18). The second-order valence-corrected chi connectivity index (χ2v) is 4.51. The molecule has 3 rings (SSSR count). The Bertz CT molecular complexity index is 627. The highest BCUT2D eigenvalue weighted by Crippen LogP contribution is 2.32. The van der Waals surface area contributed by atoms with Crippen molar-refractivity contribution in [3.63, 3.8) is 0 Å². The van der Waals surface area contributed by atoms with Gasteiger partial charge in [0.2, 0.25) is 0 Å². The summed E-state index contributed by atoms with van der Waals surface area (Å²) in [4.78, 5) is 11.8. The zero-order valence-electron chi connectivity index (χ0n) is 11.4. The number of fused-ring (bicyclic) bond motifs is 1. The molecule has 108 valence electrons. The molecule has 0 aromatic heterocycles. The number of ether oxygens (including phenoxy) is 3. The van der Waals surface area contributed by atoms with Crippen molar-refractivity contribution in [3.05, 3.63) is 48.5 Å². The Labute approximate surface area is 122 Å². The van der Waals surface area contributed by atoms with E-state index in [0.717, 1.165) is 0 Å². The molecule has 1 aliphatic heterocycles. The Morgan fingerprint density at radius 2 is 1.81 bits per heavy atom. The van der Waals surface area contributed by atoms with E-state index in [1.54, 1.807) is 30.3 Å². The molecule has 2 aromatic rings. The molecule has 0 spiro atoms. The molecule has 0 bridgehead atoms. The fraction of sp³-hybridized carbons (Fsp3) is 0.188. The summed E-state index contributed by atoms with van der Waals surface area (Å²) in [6, 6.07) is 14.5. The van der Waals surface area contributed by atoms with Crippen LogP contribution in [0.25, 0.3) is 0 Å². The second-order valence-electron chi connectivity index (χ2n) is 4.51. The summed E-state index contributed by atoms with van der Waals surface area (Å²) in [7, 11) is 0. The molecule has 2 aromatic carbocycles. The van der Waals surface area contributed by atoms with Crippen LogP contribution in [0.1, 0.15) is 0 Å². The monoisotopic (exact) mass is 285 g/mol. The summed E-state index contributed by atoms with van der Waals surface area (Å²) in [5.74, 6) is 1.77. The number of benzene rings is 2. The third kappa shape index (κ3) is 3.45. The van der Waals surface area contributed by atoms with E-state index in [-0.39, 0.29) is 12.5 Å². The van der Waals surface area contributed by atoms with Gasteiger partial charge in [-0.1, -0.05) is 18.2 Å². The first-order chi connectivity index (χ1) is 10.3. The van der Waals surface area contributed by atoms with Crippen LogP contribution in [0.2, 0.25) is 0 Å². The van der Waals surface area contributed by atoms with Crippen LogP contribution >= 0.6 is 0 Å². The molecule has 1 heterocycles. The number of nitrogens with one attached hydrogen (secondary N) is 1. The Morgan fingerprint density at radius 3 is 2.62 bits per heavy atom. The molecule has 1 N–H and O–H groups in total. The van der Waals surface area contributed by atoms with E-state index in [2.05, 4.69) is 5.32 Å². The number of para-hydroxylation sites is 1. The summed E-state index contributed by atoms with van der Waals surface area (Å²) >= 11 is 0. The number of carbonyl (C=O) groups excluding carboxylic acids is 1. The number of rotatable bonds is 4. The summed E-state index contributed by atoms with van der Waals surface area (Å²) < 4.78 is 16.3. The summed E-state index contributed by atoms with van der Waals surface area (Å²) in [5, 5.41) is 2.76. The Morgan fingerprint density at radius 1 is 1.05 bits per heavy atom. The first kappa shape index (κ1) is 13.3. The van der Waals surface area contributed by atoms with E-state index >= 15 is 0 Å². The predicted molar refractivity (Wildman–Crippen MR) is 78.0 cm³/mol. The first-order valence-corrected chi connectivity index (χ1v) is 6.68. The van der Waals surface area contributed by atoms with Gasteiger partial charge in [-0.25, -0.2) is 0 Å². The summed E-state index contributed by atoms with van der Waals surface area (Å²) in [5.41, 5.74) is 0.654.